The molecule has 0 aliphatic carbocycles. The molecule has 144 valence electrons. The number of benzene rings is 1. The molecule has 0 aromatic heterocycles. The van der Waals surface area contributed by atoms with Gasteiger partial charge in [0.25, 0.3) is 0 Å². The van der Waals surface area contributed by atoms with Gasteiger partial charge in [-0.3, -0.25) is 4.90 Å². The molecular weight excluding hydrogens is 351 g/mol. The molecule has 3 rings (SSSR count). The molecule has 2 saturated heterocycles. The predicted molar refractivity (Wildman–Crippen MR) is 104 cm³/mol. The topological polar surface area (TPSA) is 59.1 Å². The van der Waals surface area contributed by atoms with Crippen LogP contribution in [0.4, 0.5) is 0 Å². The lowest BCUT2D eigenvalue weighted by Gasteiger charge is -2.33. The quantitative estimate of drug-likeness (QED) is 0.732. The van der Waals surface area contributed by atoms with E-state index in [1.165, 1.54) is 11.8 Å². The summed E-state index contributed by atoms with van der Waals surface area (Å²) in [5.74, 6) is 0. The van der Waals surface area contributed by atoms with Crippen LogP contribution in [0.2, 0.25) is 0 Å². The van der Waals surface area contributed by atoms with E-state index in [0.29, 0.717) is 13.1 Å². The van der Waals surface area contributed by atoms with Crippen molar-refractivity contribution in [3.05, 3.63) is 29.8 Å². The largest absolute Gasteiger partial charge is 0.494 e. The van der Waals surface area contributed by atoms with Gasteiger partial charge in [0.1, 0.15) is 0 Å². The lowest BCUT2D eigenvalue weighted by molar-refractivity contribution is 0.00578. The zero-order chi connectivity index (χ0) is 19.2. The Hall–Kier alpha value is -0.925. The van der Waals surface area contributed by atoms with Crippen LogP contribution < -0.4 is 5.46 Å². The van der Waals surface area contributed by atoms with E-state index in [-0.39, 0.29) is 18.3 Å². The van der Waals surface area contributed by atoms with Gasteiger partial charge in [0, 0.05) is 32.7 Å². The Labute approximate surface area is 157 Å². The van der Waals surface area contributed by atoms with Crippen LogP contribution in [0.25, 0.3) is 0 Å². The number of piperazine rings is 1. The lowest BCUT2D eigenvalue weighted by atomic mass is 9.79. The molecule has 6 nitrogen and oxygen atoms in total. The van der Waals surface area contributed by atoms with Crippen molar-refractivity contribution in [2.24, 2.45) is 0 Å². The molecule has 2 fully saturated rings. The zero-order valence-electron chi connectivity index (χ0n) is 16.4. The Morgan fingerprint density at radius 3 is 1.92 bits per heavy atom. The number of hydrogen-bond acceptors (Lipinski definition) is 5. The molecule has 0 amide bonds. The van der Waals surface area contributed by atoms with Gasteiger partial charge in [-0.15, -0.1) is 0 Å². The van der Waals surface area contributed by atoms with Crippen LogP contribution in [-0.4, -0.2) is 68.4 Å². The van der Waals surface area contributed by atoms with Gasteiger partial charge in [-0.1, -0.05) is 24.3 Å². The normalized spacial score (nSPS) is 24.1. The van der Waals surface area contributed by atoms with Gasteiger partial charge in [0.2, 0.25) is 10.0 Å². The number of hydrogen-bond donors (Lipinski definition) is 0. The van der Waals surface area contributed by atoms with Crippen molar-refractivity contribution in [2.45, 2.75) is 45.4 Å². The molecule has 0 spiro atoms. The summed E-state index contributed by atoms with van der Waals surface area (Å²) in [5.41, 5.74) is 1.55. The highest BCUT2D eigenvalue weighted by Gasteiger charge is 2.51. The minimum Gasteiger partial charge on any atom is -0.399 e. The van der Waals surface area contributed by atoms with Crippen LogP contribution in [0.15, 0.2) is 24.3 Å². The fourth-order valence-corrected chi connectivity index (χ4v) is 4.06. The van der Waals surface area contributed by atoms with E-state index in [0.717, 1.165) is 25.1 Å². The minimum atomic E-state index is -3.08. The van der Waals surface area contributed by atoms with Crippen molar-refractivity contribution in [2.75, 3.05) is 32.4 Å². The van der Waals surface area contributed by atoms with Crippen molar-refractivity contribution in [3.8, 4) is 0 Å². The summed E-state index contributed by atoms with van der Waals surface area (Å²) < 4.78 is 36.9. The Balaban J connectivity index is 1.58. The van der Waals surface area contributed by atoms with Gasteiger partial charge in [-0.25, -0.2) is 8.42 Å². The molecule has 0 saturated carbocycles. The van der Waals surface area contributed by atoms with Crippen molar-refractivity contribution in [1.82, 2.24) is 9.21 Å². The monoisotopic (exact) mass is 380 g/mol. The zero-order valence-corrected chi connectivity index (χ0v) is 17.2. The maximum absolute atomic E-state index is 11.6. The standard InChI is InChI=1S/C18H29BN2O4S/c1-17(2)18(3,4)25-19(24-17)16-8-6-15(7-9-16)14-20-10-12-21(13-11-20)26(5,22)23/h6-9H,10-14H2,1-5H3. The fraction of sp³-hybridized carbons (Fsp3) is 0.667. The SMILES string of the molecule is CC1(C)OB(c2ccc(CN3CCN(S(C)(=O)=O)CC3)cc2)OC1(C)C. The van der Waals surface area contributed by atoms with Gasteiger partial charge >= 0.3 is 7.12 Å². The first-order valence-electron chi connectivity index (χ1n) is 9.10. The molecule has 0 bridgehead atoms. The molecule has 8 heteroatoms. The summed E-state index contributed by atoms with van der Waals surface area (Å²) >= 11 is 0. The van der Waals surface area contributed by atoms with Gasteiger partial charge in [0.05, 0.1) is 17.5 Å². The first-order chi connectivity index (χ1) is 12.0. The highest BCUT2D eigenvalue weighted by Crippen LogP contribution is 2.36. The molecule has 1 aromatic rings. The first kappa shape index (κ1) is 19.8. The summed E-state index contributed by atoms with van der Waals surface area (Å²) in [5, 5.41) is 0. The Bertz CT molecular complexity index is 725. The highest BCUT2D eigenvalue weighted by atomic mass is 32.2. The molecule has 0 atom stereocenters. The van der Waals surface area contributed by atoms with Crippen LogP contribution in [0.1, 0.15) is 33.3 Å². The third-order valence-corrected chi connectivity index (χ3v) is 7.01. The Morgan fingerprint density at radius 1 is 0.962 bits per heavy atom. The van der Waals surface area contributed by atoms with Crippen LogP contribution >= 0.6 is 0 Å². The molecule has 26 heavy (non-hydrogen) atoms. The van der Waals surface area contributed by atoms with Gasteiger partial charge in [0.15, 0.2) is 0 Å². The lowest BCUT2D eigenvalue weighted by Crippen LogP contribution is -2.47. The van der Waals surface area contributed by atoms with Crippen LogP contribution in [0, 0.1) is 0 Å². The van der Waals surface area contributed by atoms with E-state index in [2.05, 4.69) is 56.9 Å². The van der Waals surface area contributed by atoms with Crippen molar-refractivity contribution >= 4 is 22.6 Å². The molecule has 2 aliphatic heterocycles. The molecule has 1 aromatic carbocycles. The third kappa shape index (κ3) is 4.15. The Morgan fingerprint density at radius 2 is 1.46 bits per heavy atom. The summed E-state index contributed by atoms with van der Waals surface area (Å²) in [4.78, 5) is 2.28. The Kier molecular flexibility index (Phi) is 5.27. The molecule has 0 radical (unpaired) electrons. The second kappa shape index (κ2) is 6.91. The minimum absolute atomic E-state index is 0.338. The maximum Gasteiger partial charge on any atom is 0.494 e. The van der Waals surface area contributed by atoms with E-state index >= 15 is 0 Å². The molecule has 2 heterocycles. The maximum atomic E-state index is 11.6. The summed E-state index contributed by atoms with van der Waals surface area (Å²) in [6.07, 6.45) is 1.27. The van der Waals surface area contributed by atoms with Crippen LogP contribution in [-0.2, 0) is 25.9 Å². The van der Waals surface area contributed by atoms with Crippen molar-refractivity contribution < 1.29 is 17.7 Å². The fourth-order valence-electron chi connectivity index (χ4n) is 3.24. The smallest absolute Gasteiger partial charge is 0.399 e. The van der Waals surface area contributed by atoms with Crippen LogP contribution in [0.3, 0.4) is 0 Å². The molecule has 0 N–H and O–H groups in total. The third-order valence-electron chi connectivity index (χ3n) is 5.71. The summed E-state index contributed by atoms with van der Waals surface area (Å²) in [6, 6.07) is 8.32. The molecule has 0 unspecified atom stereocenters. The molecule has 2 aliphatic rings. The van der Waals surface area contributed by atoms with Gasteiger partial charge < -0.3 is 9.31 Å². The predicted octanol–water partition coefficient (Wildman–Crippen LogP) is 1.06. The van der Waals surface area contributed by atoms with Crippen molar-refractivity contribution in [3.63, 3.8) is 0 Å². The molecular formula is C18H29BN2O4S. The second-order valence-electron chi connectivity index (χ2n) is 8.27. The van der Waals surface area contributed by atoms with E-state index in [1.807, 2.05) is 0 Å². The second-order valence-corrected chi connectivity index (χ2v) is 10.3. The summed E-state index contributed by atoms with van der Waals surface area (Å²) in [6.45, 7) is 11.7. The van der Waals surface area contributed by atoms with E-state index in [9.17, 15) is 8.42 Å². The van der Waals surface area contributed by atoms with Gasteiger partial charge in [-0.2, -0.15) is 4.31 Å². The van der Waals surface area contributed by atoms with Crippen LogP contribution in [0.5, 0.6) is 0 Å². The van der Waals surface area contributed by atoms with E-state index in [4.69, 9.17) is 9.31 Å². The average molecular weight is 380 g/mol. The van der Waals surface area contributed by atoms with E-state index < -0.39 is 10.0 Å². The number of sulfonamides is 1. The average Bonchev–Trinajstić information content (AvgIpc) is 2.76. The number of nitrogens with zero attached hydrogens (tertiary/aromatic N) is 2. The van der Waals surface area contributed by atoms with Gasteiger partial charge in [-0.05, 0) is 38.7 Å². The first-order valence-corrected chi connectivity index (χ1v) is 10.9. The van der Waals surface area contributed by atoms with Crippen molar-refractivity contribution in [1.29, 1.82) is 0 Å². The summed E-state index contributed by atoms with van der Waals surface area (Å²) in [7, 11) is -3.42. The highest BCUT2D eigenvalue weighted by molar-refractivity contribution is 7.88. The number of rotatable bonds is 4. The van der Waals surface area contributed by atoms with E-state index in [1.54, 1.807) is 4.31 Å².